The van der Waals surface area contributed by atoms with Crippen molar-refractivity contribution in [1.82, 2.24) is 9.55 Å². The summed E-state index contributed by atoms with van der Waals surface area (Å²) < 4.78 is 7.64. The van der Waals surface area contributed by atoms with E-state index in [1.807, 2.05) is 12.1 Å². The predicted molar refractivity (Wildman–Crippen MR) is 85.8 cm³/mol. The van der Waals surface area contributed by atoms with Crippen LogP contribution >= 0.6 is 0 Å². The molecule has 0 amide bonds. The maximum absolute atomic E-state index is 6.43. The number of aromatic nitrogens is 2. The number of nitrogens with two attached hydrogens (primary N) is 1. The molecule has 1 heterocycles. The first-order chi connectivity index (χ1) is 10.2. The van der Waals surface area contributed by atoms with Crippen molar-refractivity contribution in [3.63, 3.8) is 0 Å². The van der Waals surface area contributed by atoms with Crippen molar-refractivity contribution in [2.45, 2.75) is 57.5 Å². The topological polar surface area (TPSA) is 53.1 Å². The van der Waals surface area contributed by atoms with Crippen LogP contribution < -0.4 is 10.5 Å². The minimum atomic E-state index is 0.233. The fourth-order valence-corrected chi connectivity index (χ4v) is 3.53. The summed E-state index contributed by atoms with van der Waals surface area (Å²) in [6.07, 6.45) is 6.07. The van der Waals surface area contributed by atoms with Gasteiger partial charge in [0.15, 0.2) is 0 Å². The Morgan fingerprint density at radius 3 is 2.86 bits per heavy atom. The van der Waals surface area contributed by atoms with E-state index in [2.05, 4.69) is 17.6 Å². The van der Waals surface area contributed by atoms with Crippen molar-refractivity contribution < 1.29 is 4.74 Å². The number of hydrogen-bond acceptors (Lipinski definition) is 3. The SMILES string of the molecule is CCn1c(C2CCCCCC2N)nc2cc(OC)ccc21. The Kier molecular flexibility index (Phi) is 4.15. The summed E-state index contributed by atoms with van der Waals surface area (Å²) in [6.45, 7) is 3.11. The molecule has 4 nitrogen and oxygen atoms in total. The summed E-state index contributed by atoms with van der Waals surface area (Å²) in [7, 11) is 1.69. The second-order valence-corrected chi connectivity index (χ2v) is 5.98. The van der Waals surface area contributed by atoms with Crippen LogP contribution in [0.4, 0.5) is 0 Å². The molecular formula is C17H25N3O. The lowest BCUT2D eigenvalue weighted by atomic mass is 9.94. The monoisotopic (exact) mass is 287 g/mol. The van der Waals surface area contributed by atoms with Gasteiger partial charge in [-0.1, -0.05) is 19.3 Å². The van der Waals surface area contributed by atoms with E-state index in [1.165, 1.54) is 24.8 Å². The van der Waals surface area contributed by atoms with Crippen LogP contribution in [0, 0.1) is 0 Å². The van der Waals surface area contributed by atoms with Gasteiger partial charge in [-0.05, 0) is 31.9 Å². The molecule has 0 saturated heterocycles. The lowest BCUT2D eigenvalue weighted by Gasteiger charge is -2.21. The van der Waals surface area contributed by atoms with Crippen LogP contribution in [0.25, 0.3) is 11.0 Å². The minimum absolute atomic E-state index is 0.233. The average Bonchev–Trinajstić information content (AvgIpc) is 2.73. The quantitative estimate of drug-likeness (QED) is 0.880. The predicted octanol–water partition coefficient (Wildman–Crippen LogP) is 3.44. The summed E-state index contributed by atoms with van der Waals surface area (Å²) in [5.74, 6) is 2.40. The molecule has 2 atom stereocenters. The van der Waals surface area contributed by atoms with E-state index in [0.717, 1.165) is 36.5 Å². The number of hydrogen-bond donors (Lipinski definition) is 1. The number of rotatable bonds is 3. The summed E-state index contributed by atoms with van der Waals surface area (Å²) >= 11 is 0. The van der Waals surface area contributed by atoms with Crippen molar-refractivity contribution in [3.05, 3.63) is 24.0 Å². The molecule has 1 fully saturated rings. The Labute approximate surface area is 126 Å². The second-order valence-electron chi connectivity index (χ2n) is 5.98. The number of ether oxygens (including phenoxy) is 1. The van der Waals surface area contributed by atoms with Gasteiger partial charge in [-0.3, -0.25) is 0 Å². The molecule has 21 heavy (non-hydrogen) atoms. The van der Waals surface area contributed by atoms with Crippen molar-refractivity contribution in [1.29, 1.82) is 0 Å². The van der Waals surface area contributed by atoms with Gasteiger partial charge in [-0.2, -0.15) is 0 Å². The second kappa shape index (κ2) is 6.06. The number of methoxy groups -OCH3 is 1. The molecule has 1 aromatic carbocycles. The van der Waals surface area contributed by atoms with Gasteiger partial charge in [0.2, 0.25) is 0 Å². The molecule has 0 aliphatic heterocycles. The van der Waals surface area contributed by atoms with Crippen LogP contribution in [0.15, 0.2) is 18.2 Å². The first-order valence-electron chi connectivity index (χ1n) is 8.04. The number of benzene rings is 1. The van der Waals surface area contributed by atoms with Crippen LogP contribution in [0.2, 0.25) is 0 Å². The molecule has 1 aromatic heterocycles. The molecule has 2 unspecified atom stereocenters. The fraction of sp³-hybridized carbons (Fsp3) is 0.588. The highest BCUT2D eigenvalue weighted by Gasteiger charge is 2.27. The van der Waals surface area contributed by atoms with Crippen LogP contribution in [-0.4, -0.2) is 22.7 Å². The van der Waals surface area contributed by atoms with Crippen molar-refractivity contribution >= 4 is 11.0 Å². The summed E-state index contributed by atoms with van der Waals surface area (Å²) in [5, 5.41) is 0. The lowest BCUT2D eigenvalue weighted by molar-refractivity contribution is 0.415. The third-order valence-electron chi connectivity index (χ3n) is 4.70. The van der Waals surface area contributed by atoms with E-state index in [0.29, 0.717) is 5.92 Å². The van der Waals surface area contributed by atoms with Gasteiger partial charge in [0.05, 0.1) is 18.1 Å². The molecule has 114 valence electrons. The molecular weight excluding hydrogens is 262 g/mol. The molecule has 2 N–H and O–H groups in total. The zero-order valence-corrected chi connectivity index (χ0v) is 13.0. The van der Waals surface area contributed by atoms with Gasteiger partial charge in [-0.15, -0.1) is 0 Å². The third-order valence-corrected chi connectivity index (χ3v) is 4.70. The zero-order chi connectivity index (χ0) is 14.8. The number of imidazole rings is 1. The largest absolute Gasteiger partial charge is 0.497 e. The van der Waals surface area contributed by atoms with E-state index in [1.54, 1.807) is 7.11 Å². The Hall–Kier alpha value is -1.55. The highest BCUT2D eigenvalue weighted by molar-refractivity contribution is 5.78. The average molecular weight is 287 g/mol. The van der Waals surface area contributed by atoms with Crippen molar-refractivity contribution in [2.24, 2.45) is 5.73 Å². The molecule has 4 heteroatoms. The Bertz CT molecular complexity index is 620. The number of nitrogens with zero attached hydrogens (tertiary/aromatic N) is 2. The summed E-state index contributed by atoms with van der Waals surface area (Å²) in [4.78, 5) is 4.91. The molecule has 0 spiro atoms. The van der Waals surface area contributed by atoms with E-state index in [-0.39, 0.29) is 6.04 Å². The maximum atomic E-state index is 6.43. The molecule has 0 bridgehead atoms. The summed E-state index contributed by atoms with van der Waals surface area (Å²) in [5.41, 5.74) is 8.64. The van der Waals surface area contributed by atoms with E-state index in [9.17, 15) is 0 Å². The van der Waals surface area contributed by atoms with E-state index < -0.39 is 0 Å². The highest BCUT2D eigenvalue weighted by atomic mass is 16.5. The van der Waals surface area contributed by atoms with Crippen molar-refractivity contribution in [3.8, 4) is 5.75 Å². The van der Waals surface area contributed by atoms with Gasteiger partial charge < -0.3 is 15.0 Å². The molecule has 2 aromatic rings. The molecule has 1 aliphatic carbocycles. The smallest absolute Gasteiger partial charge is 0.121 e. The molecule has 1 aliphatic rings. The fourth-order valence-electron chi connectivity index (χ4n) is 3.53. The molecule has 0 radical (unpaired) electrons. The van der Waals surface area contributed by atoms with E-state index >= 15 is 0 Å². The van der Waals surface area contributed by atoms with Gasteiger partial charge in [0.1, 0.15) is 11.6 Å². The van der Waals surface area contributed by atoms with Gasteiger partial charge in [-0.25, -0.2) is 4.98 Å². The first-order valence-corrected chi connectivity index (χ1v) is 8.04. The number of fused-ring (bicyclic) bond motifs is 1. The Balaban J connectivity index is 2.07. The standard InChI is InChI=1S/C17H25N3O/c1-3-20-16-10-9-12(21-2)11-15(16)19-17(20)13-7-5-4-6-8-14(13)18/h9-11,13-14H,3-8,18H2,1-2H3. The first kappa shape index (κ1) is 14.4. The molecule has 1 saturated carbocycles. The van der Waals surface area contributed by atoms with Crippen LogP contribution in [0.1, 0.15) is 50.8 Å². The summed E-state index contributed by atoms with van der Waals surface area (Å²) in [6, 6.07) is 6.37. The van der Waals surface area contributed by atoms with Crippen LogP contribution in [-0.2, 0) is 6.54 Å². The Morgan fingerprint density at radius 2 is 2.10 bits per heavy atom. The third kappa shape index (κ3) is 2.64. The lowest BCUT2D eigenvalue weighted by Crippen LogP contribution is -2.29. The Morgan fingerprint density at radius 1 is 1.29 bits per heavy atom. The van der Waals surface area contributed by atoms with Gasteiger partial charge in [0.25, 0.3) is 0 Å². The highest BCUT2D eigenvalue weighted by Crippen LogP contribution is 2.33. The van der Waals surface area contributed by atoms with Crippen LogP contribution in [0.3, 0.4) is 0 Å². The maximum Gasteiger partial charge on any atom is 0.121 e. The van der Waals surface area contributed by atoms with E-state index in [4.69, 9.17) is 15.5 Å². The molecule has 3 rings (SSSR count). The van der Waals surface area contributed by atoms with Crippen LogP contribution in [0.5, 0.6) is 5.75 Å². The normalized spacial score (nSPS) is 23.2. The minimum Gasteiger partial charge on any atom is -0.497 e. The zero-order valence-electron chi connectivity index (χ0n) is 13.0. The number of aryl methyl sites for hydroxylation is 1. The van der Waals surface area contributed by atoms with Crippen molar-refractivity contribution in [2.75, 3.05) is 7.11 Å². The van der Waals surface area contributed by atoms with Gasteiger partial charge in [0, 0.05) is 24.6 Å². The van der Waals surface area contributed by atoms with Gasteiger partial charge >= 0.3 is 0 Å².